The fourth-order valence-corrected chi connectivity index (χ4v) is 9.81. The predicted octanol–water partition coefficient (Wildman–Crippen LogP) is 7.30. The van der Waals surface area contributed by atoms with Crippen molar-refractivity contribution in [3.05, 3.63) is 34.4 Å². The Bertz CT molecular complexity index is 1140. The van der Waals surface area contributed by atoms with Crippen LogP contribution in [0.25, 0.3) is 10.9 Å². The van der Waals surface area contributed by atoms with Gasteiger partial charge in [0.15, 0.2) is 0 Å². The van der Waals surface area contributed by atoms with E-state index in [2.05, 4.69) is 18.8 Å². The summed E-state index contributed by atoms with van der Waals surface area (Å²) in [5.41, 5.74) is 1.88. The third-order valence-corrected chi connectivity index (χ3v) is 11.7. The summed E-state index contributed by atoms with van der Waals surface area (Å²) in [5, 5.41) is 0.609. The first-order valence-corrected chi connectivity index (χ1v) is 14.5. The molecule has 4 saturated carbocycles. The molecule has 190 valence electrons. The fourth-order valence-electron chi connectivity index (χ4n) is 9.81. The summed E-state index contributed by atoms with van der Waals surface area (Å²) in [6.07, 6.45) is 18.0. The van der Waals surface area contributed by atoms with Gasteiger partial charge in [-0.15, -0.1) is 0 Å². The van der Waals surface area contributed by atoms with Crippen LogP contribution in [0.1, 0.15) is 96.7 Å². The second kappa shape index (κ2) is 8.92. The quantitative estimate of drug-likeness (QED) is 0.492. The number of nitrogens with one attached hydrogen (secondary N) is 1. The SMILES string of the molecule is COc1ccc2nc(CCCC3CCC4C5CCC6CCCCC6(C)C5CCC34C)[nH]c(=O)c2c1. The molecule has 1 heterocycles. The Hall–Kier alpha value is -1.84. The molecule has 4 aliphatic carbocycles. The van der Waals surface area contributed by atoms with E-state index in [1.165, 1.54) is 70.6 Å². The molecular formula is C31H44N2O2. The second-order valence-electron chi connectivity index (χ2n) is 13.0. The van der Waals surface area contributed by atoms with Gasteiger partial charge in [-0.25, -0.2) is 4.98 Å². The molecule has 0 aliphatic heterocycles. The van der Waals surface area contributed by atoms with E-state index in [0.717, 1.165) is 53.8 Å². The highest BCUT2D eigenvalue weighted by Crippen LogP contribution is 2.67. The van der Waals surface area contributed by atoms with Gasteiger partial charge < -0.3 is 9.72 Å². The van der Waals surface area contributed by atoms with Crippen LogP contribution >= 0.6 is 0 Å². The van der Waals surface area contributed by atoms with Gasteiger partial charge in [-0.05, 0) is 123 Å². The summed E-state index contributed by atoms with van der Waals surface area (Å²) >= 11 is 0. The third kappa shape index (κ3) is 3.85. The molecule has 1 aromatic carbocycles. The molecule has 0 bridgehead atoms. The lowest BCUT2D eigenvalue weighted by Crippen LogP contribution is -2.52. The summed E-state index contributed by atoms with van der Waals surface area (Å²) in [6, 6.07) is 5.56. The molecule has 7 atom stereocenters. The summed E-state index contributed by atoms with van der Waals surface area (Å²) in [5.74, 6) is 6.29. The van der Waals surface area contributed by atoms with Gasteiger partial charge >= 0.3 is 0 Å². The highest BCUT2D eigenvalue weighted by molar-refractivity contribution is 5.79. The molecule has 4 fully saturated rings. The highest BCUT2D eigenvalue weighted by Gasteiger charge is 2.59. The van der Waals surface area contributed by atoms with E-state index in [1.54, 1.807) is 13.2 Å². The lowest BCUT2D eigenvalue weighted by Gasteiger charge is -2.60. The Labute approximate surface area is 210 Å². The van der Waals surface area contributed by atoms with Gasteiger partial charge in [0.25, 0.3) is 5.56 Å². The number of methoxy groups -OCH3 is 1. The van der Waals surface area contributed by atoms with Crippen molar-refractivity contribution in [2.45, 2.75) is 97.3 Å². The molecule has 0 spiro atoms. The zero-order chi connectivity index (χ0) is 24.2. The molecule has 1 N–H and O–H groups in total. The largest absolute Gasteiger partial charge is 0.497 e. The van der Waals surface area contributed by atoms with Crippen molar-refractivity contribution < 1.29 is 4.74 Å². The Morgan fingerprint density at radius 3 is 2.71 bits per heavy atom. The van der Waals surface area contributed by atoms with Crippen molar-refractivity contribution >= 4 is 10.9 Å². The molecule has 4 aliphatic rings. The fraction of sp³-hybridized carbons (Fsp3) is 0.742. The Balaban J connectivity index is 1.12. The van der Waals surface area contributed by atoms with Crippen LogP contribution in [0.4, 0.5) is 0 Å². The van der Waals surface area contributed by atoms with Crippen molar-refractivity contribution in [2.75, 3.05) is 7.11 Å². The monoisotopic (exact) mass is 476 g/mol. The van der Waals surface area contributed by atoms with Crippen LogP contribution < -0.4 is 10.3 Å². The first kappa shape index (κ1) is 23.6. The number of aromatic amines is 1. The summed E-state index contributed by atoms with van der Waals surface area (Å²) < 4.78 is 5.27. The average Bonchev–Trinajstić information content (AvgIpc) is 3.20. The van der Waals surface area contributed by atoms with Gasteiger partial charge in [-0.3, -0.25) is 4.79 Å². The van der Waals surface area contributed by atoms with Crippen LogP contribution in [0.15, 0.2) is 23.0 Å². The number of ether oxygens (including phenoxy) is 1. The molecule has 6 rings (SSSR count). The maximum absolute atomic E-state index is 12.6. The lowest BCUT2D eigenvalue weighted by molar-refractivity contribution is -0.111. The van der Waals surface area contributed by atoms with Crippen LogP contribution in [0.5, 0.6) is 5.75 Å². The first-order chi connectivity index (χ1) is 16.9. The number of aryl methyl sites for hydroxylation is 1. The number of nitrogens with zero attached hydrogens (tertiary/aromatic N) is 1. The number of aromatic nitrogens is 2. The summed E-state index contributed by atoms with van der Waals surface area (Å²) in [4.78, 5) is 20.4. The van der Waals surface area contributed by atoms with Gasteiger partial charge in [-0.2, -0.15) is 0 Å². The zero-order valence-corrected chi connectivity index (χ0v) is 22.1. The van der Waals surface area contributed by atoms with Crippen LogP contribution in [-0.2, 0) is 6.42 Å². The van der Waals surface area contributed by atoms with Crippen molar-refractivity contribution in [1.82, 2.24) is 9.97 Å². The molecule has 7 unspecified atom stereocenters. The van der Waals surface area contributed by atoms with E-state index in [1.807, 2.05) is 12.1 Å². The number of rotatable bonds is 5. The molecule has 0 amide bonds. The molecule has 35 heavy (non-hydrogen) atoms. The predicted molar refractivity (Wildman–Crippen MR) is 142 cm³/mol. The maximum atomic E-state index is 12.6. The molecule has 0 saturated heterocycles. The van der Waals surface area contributed by atoms with Gasteiger partial charge in [-0.1, -0.05) is 26.7 Å². The smallest absolute Gasteiger partial charge is 0.258 e. The van der Waals surface area contributed by atoms with Gasteiger partial charge in [0.1, 0.15) is 11.6 Å². The van der Waals surface area contributed by atoms with Gasteiger partial charge in [0.05, 0.1) is 18.0 Å². The van der Waals surface area contributed by atoms with Crippen LogP contribution in [0, 0.1) is 40.4 Å². The standard InChI is InChI=1S/C31H44N2O2/c1-30-17-5-4-7-20(30)10-13-23-25-14-11-21(31(25,2)18-16-26(23)30)8-6-9-28-32-27-15-12-22(35-3)19-24(27)29(34)33-28/h12,15,19-21,23,25-26H,4-11,13-14,16-18H2,1-3H3,(H,32,33,34). The number of H-pyrrole nitrogens is 1. The number of fused-ring (bicyclic) bond motifs is 6. The Morgan fingerprint density at radius 1 is 1.00 bits per heavy atom. The van der Waals surface area contributed by atoms with Crippen LogP contribution in [-0.4, -0.2) is 17.1 Å². The first-order valence-electron chi connectivity index (χ1n) is 14.5. The molecule has 2 aromatic rings. The van der Waals surface area contributed by atoms with Crippen molar-refractivity contribution in [1.29, 1.82) is 0 Å². The van der Waals surface area contributed by atoms with Crippen molar-refractivity contribution in [3.8, 4) is 5.75 Å². The van der Waals surface area contributed by atoms with E-state index in [4.69, 9.17) is 9.72 Å². The van der Waals surface area contributed by atoms with Crippen LogP contribution in [0.3, 0.4) is 0 Å². The lowest BCUT2D eigenvalue weighted by atomic mass is 9.45. The number of hydrogen-bond donors (Lipinski definition) is 1. The molecule has 0 radical (unpaired) electrons. The van der Waals surface area contributed by atoms with Crippen molar-refractivity contribution in [2.24, 2.45) is 40.4 Å². The van der Waals surface area contributed by atoms with E-state index in [-0.39, 0.29) is 5.56 Å². The Kier molecular flexibility index (Phi) is 6.00. The van der Waals surface area contributed by atoms with Gasteiger partial charge in [0.2, 0.25) is 0 Å². The highest BCUT2D eigenvalue weighted by atomic mass is 16.5. The summed E-state index contributed by atoms with van der Waals surface area (Å²) in [7, 11) is 1.62. The Morgan fingerprint density at radius 2 is 1.86 bits per heavy atom. The topological polar surface area (TPSA) is 55.0 Å². The zero-order valence-electron chi connectivity index (χ0n) is 22.1. The minimum atomic E-state index is -0.0538. The third-order valence-electron chi connectivity index (χ3n) is 11.7. The molecule has 1 aromatic heterocycles. The van der Waals surface area contributed by atoms with E-state index < -0.39 is 0 Å². The van der Waals surface area contributed by atoms with E-state index >= 15 is 0 Å². The summed E-state index contributed by atoms with van der Waals surface area (Å²) in [6.45, 7) is 5.35. The normalized spacial score (nSPS) is 38.5. The number of hydrogen-bond acceptors (Lipinski definition) is 3. The second-order valence-corrected chi connectivity index (χ2v) is 13.0. The molecular weight excluding hydrogens is 432 g/mol. The number of benzene rings is 1. The van der Waals surface area contributed by atoms with Crippen molar-refractivity contribution in [3.63, 3.8) is 0 Å². The van der Waals surface area contributed by atoms with Crippen LogP contribution in [0.2, 0.25) is 0 Å². The van der Waals surface area contributed by atoms with E-state index in [0.29, 0.717) is 22.0 Å². The van der Waals surface area contributed by atoms with Gasteiger partial charge in [0, 0.05) is 6.42 Å². The molecule has 4 nitrogen and oxygen atoms in total. The minimum Gasteiger partial charge on any atom is -0.497 e. The maximum Gasteiger partial charge on any atom is 0.258 e. The van der Waals surface area contributed by atoms with E-state index in [9.17, 15) is 4.79 Å². The average molecular weight is 477 g/mol. The minimum absolute atomic E-state index is 0.0538. The molecule has 4 heteroatoms.